The Hall–Kier alpha value is -2.34. The monoisotopic (exact) mass is 329 g/mol. The molecule has 2 heterocycles. The van der Waals surface area contributed by atoms with Gasteiger partial charge in [-0.25, -0.2) is 4.79 Å². The molecule has 1 unspecified atom stereocenters. The summed E-state index contributed by atoms with van der Waals surface area (Å²) in [6.07, 6.45) is 5.07. The molecule has 6 nitrogen and oxygen atoms in total. The number of morpholine rings is 1. The molecule has 0 spiro atoms. The molecule has 0 radical (unpaired) electrons. The van der Waals surface area contributed by atoms with Crippen LogP contribution in [0.1, 0.15) is 23.1 Å². The second kappa shape index (κ2) is 5.94. The first kappa shape index (κ1) is 15.2. The molecule has 2 aromatic rings. The predicted octanol–water partition coefficient (Wildman–Crippen LogP) is 1.78. The average Bonchev–Trinajstić information content (AvgIpc) is 3.19. The molecule has 4 rings (SSSR count). The van der Waals surface area contributed by atoms with Gasteiger partial charge in [0, 0.05) is 17.5 Å². The molecule has 1 aliphatic carbocycles. The highest BCUT2D eigenvalue weighted by atomic mass is 16.5. The van der Waals surface area contributed by atoms with E-state index in [2.05, 4.69) is 12.1 Å². The van der Waals surface area contributed by atoms with Crippen LogP contribution < -0.4 is 0 Å². The van der Waals surface area contributed by atoms with E-state index in [0.717, 1.165) is 35.8 Å². The zero-order valence-electron chi connectivity index (χ0n) is 13.3. The number of carboxylic acid groups (broad SMARTS) is 1. The van der Waals surface area contributed by atoms with Gasteiger partial charge in [0.05, 0.1) is 25.9 Å². The summed E-state index contributed by atoms with van der Waals surface area (Å²) in [5, 5.41) is 10.2. The van der Waals surface area contributed by atoms with E-state index in [1.165, 1.54) is 16.0 Å². The topological polar surface area (TPSA) is 80.0 Å². The van der Waals surface area contributed by atoms with Crippen molar-refractivity contribution in [1.29, 1.82) is 0 Å². The van der Waals surface area contributed by atoms with Crippen molar-refractivity contribution in [3.8, 4) is 0 Å². The number of aryl methyl sites for hydroxylation is 2. The largest absolute Gasteiger partial charge is 0.480 e. The highest BCUT2D eigenvalue weighted by Gasteiger charge is 2.33. The fourth-order valence-electron chi connectivity index (χ4n) is 3.66. The van der Waals surface area contributed by atoms with Crippen LogP contribution >= 0.6 is 0 Å². The van der Waals surface area contributed by atoms with Gasteiger partial charge in [0.1, 0.15) is 5.58 Å². The number of benzene rings is 1. The summed E-state index contributed by atoms with van der Waals surface area (Å²) in [7, 11) is 0. The fraction of sp³-hybridized carbons (Fsp3) is 0.444. The minimum Gasteiger partial charge on any atom is -0.480 e. The predicted molar refractivity (Wildman–Crippen MR) is 85.9 cm³/mol. The van der Waals surface area contributed by atoms with Gasteiger partial charge in [-0.05, 0) is 42.5 Å². The maximum absolute atomic E-state index is 12.6. The second-order valence-electron chi connectivity index (χ2n) is 6.42. The third kappa shape index (κ3) is 2.57. The van der Waals surface area contributed by atoms with Crippen molar-refractivity contribution < 1.29 is 23.8 Å². The lowest BCUT2D eigenvalue weighted by atomic mass is 10.0. The third-order valence-electron chi connectivity index (χ3n) is 4.94. The number of rotatable bonds is 3. The average molecular weight is 329 g/mol. The van der Waals surface area contributed by atoms with Gasteiger partial charge >= 0.3 is 5.97 Å². The number of carbonyl (C=O) groups is 2. The van der Waals surface area contributed by atoms with Gasteiger partial charge in [-0.2, -0.15) is 0 Å². The van der Waals surface area contributed by atoms with Gasteiger partial charge < -0.3 is 19.2 Å². The number of ether oxygens (including phenoxy) is 1. The molecule has 2 aliphatic rings. The molecular weight excluding hydrogens is 310 g/mol. The van der Waals surface area contributed by atoms with Gasteiger partial charge in [-0.3, -0.25) is 4.79 Å². The van der Waals surface area contributed by atoms with Crippen LogP contribution in [0.2, 0.25) is 0 Å². The van der Waals surface area contributed by atoms with Crippen molar-refractivity contribution in [1.82, 2.24) is 4.90 Å². The quantitative estimate of drug-likeness (QED) is 0.928. The highest BCUT2D eigenvalue weighted by molar-refractivity contribution is 5.90. The Labute approximate surface area is 139 Å². The van der Waals surface area contributed by atoms with Crippen LogP contribution in [0.3, 0.4) is 0 Å². The second-order valence-corrected chi connectivity index (χ2v) is 6.42. The van der Waals surface area contributed by atoms with E-state index < -0.39 is 12.0 Å². The number of aliphatic carboxylic acids is 1. The van der Waals surface area contributed by atoms with Crippen LogP contribution in [0.4, 0.5) is 0 Å². The number of carbonyl (C=O) groups excluding carboxylic acids is 1. The minimum absolute atomic E-state index is 0.0424. The summed E-state index contributed by atoms with van der Waals surface area (Å²) in [6, 6.07) is 3.28. The SMILES string of the molecule is O=C(O)C1COCCN1C(=O)Cc1coc2cc3c(cc12)CCC3. The van der Waals surface area contributed by atoms with Crippen molar-refractivity contribution in [3.63, 3.8) is 0 Å². The molecule has 1 amide bonds. The summed E-state index contributed by atoms with van der Waals surface area (Å²) < 4.78 is 10.8. The summed E-state index contributed by atoms with van der Waals surface area (Å²) in [6.45, 7) is 0.719. The summed E-state index contributed by atoms with van der Waals surface area (Å²) in [5.74, 6) is -1.23. The fourth-order valence-corrected chi connectivity index (χ4v) is 3.66. The van der Waals surface area contributed by atoms with Gasteiger partial charge in [0.2, 0.25) is 5.91 Å². The first-order chi connectivity index (χ1) is 11.6. The zero-order valence-corrected chi connectivity index (χ0v) is 13.3. The lowest BCUT2D eigenvalue weighted by molar-refractivity contribution is -0.157. The Balaban J connectivity index is 1.59. The number of fused-ring (bicyclic) bond motifs is 2. The maximum Gasteiger partial charge on any atom is 0.328 e. The number of nitrogens with zero attached hydrogens (tertiary/aromatic N) is 1. The van der Waals surface area contributed by atoms with Crippen molar-refractivity contribution in [2.24, 2.45) is 0 Å². The standard InChI is InChI=1S/C18H19NO5/c20-17(19-4-5-23-10-15(19)18(21)22)8-13-9-24-16-7-12-3-1-2-11(12)6-14(13)16/h6-7,9,15H,1-5,8,10H2,(H,21,22). The molecule has 126 valence electrons. The van der Waals surface area contributed by atoms with E-state index in [0.29, 0.717) is 13.2 Å². The summed E-state index contributed by atoms with van der Waals surface area (Å²) in [5.41, 5.74) is 4.27. The van der Waals surface area contributed by atoms with E-state index in [1.807, 2.05) is 0 Å². The van der Waals surface area contributed by atoms with Crippen molar-refractivity contribution in [3.05, 3.63) is 35.1 Å². The third-order valence-corrected chi connectivity index (χ3v) is 4.94. The van der Waals surface area contributed by atoms with Crippen LogP contribution in [0.15, 0.2) is 22.8 Å². The maximum atomic E-state index is 12.6. The molecule has 1 aromatic carbocycles. The Morgan fingerprint density at radius 2 is 2.04 bits per heavy atom. The highest BCUT2D eigenvalue weighted by Crippen LogP contribution is 2.30. The van der Waals surface area contributed by atoms with Gasteiger partial charge in [-0.1, -0.05) is 0 Å². The molecule has 0 bridgehead atoms. The van der Waals surface area contributed by atoms with Crippen molar-refractivity contribution >= 4 is 22.8 Å². The lowest BCUT2D eigenvalue weighted by Crippen LogP contribution is -2.53. The molecule has 1 aliphatic heterocycles. The van der Waals surface area contributed by atoms with Crippen LogP contribution in [-0.2, 0) is 33.6 Å². The molecule has 1 N–H and O–H groups in total. The molecule has 1 atom stereocenters. The molecule has 0 saturated carbocycles. The van der Waals surface area contributed by atoms with E-state index >= 15 is 0 Å². The number of hydrogen-bond donors (Lipinski definition) is 1. The number of hydrogen-bond acceptors (Lipinski definition) is 4. The lowest BCUT2D eigenvalue weighted by Gasteiger charge is -2.32. The molecule has 1 saturated heterocycles. The van der Waals surface area contributed by atoms with E-state index in [4.69, 9.17) is 9.15 Å². The first-order valence-corrected chi connectivity index (χ1v) is 8.25. The molecule has 1 fully saturated rings. The van der Waals surface area contributed by atoms with E-state index in [9.17, 15) is 14.7 Å². The van der Waals surface area contributed by atoms with Gasteiger partial charge in [0.15, 0.2) is 6.04 Å². The number of furan rings is 1. The smallest absolute Gasteiger partial charge is 0.328 e. The van der Waals surface area contributed by atoms with Crippen molar-refractivity contribution in [2.75, 3.05) is 19.8 Å². The summed E-state index contributed by atoms with van der Waals surface area (Å²) in [4.78, 5) is 25.3. The Morgan fingerprint density at radius 3 is 2.83 bits per heavy atom. The van der Waals surface area contributed by atoms with Crippen LogP contribution in [0, 0.1) is 0 Å². The van der Waals surface area contributed by atoms with Gasteiger partial charge in [-0.15, -0.1) is 0 Å². The Bertz CT molecular complexity index is 809. The number of amides is 1. The van der Waals surface area contributed by atoms with E-state index in [1.54, 1.807) is 6.26 Å². The molecule has 24 heavy (non-hydrogen) atoms. The van der Waals surface area contributed by atoms with Crippen LogP contribution in [0.5, 0.6) is 0 Å². The first-order valence-electron chi connectivity index (χ1n) is 8.25. The molecule has 1 aromatic heterocycles. The van der Waals surface area contributed by atoms with Gasteiger partial charge in [0.25, 0.3) is 0 Å². The van der Waals surface area contributed by atoms with Crippen LogP contribution in [-0.4, -0.2) is 47.7 Å². The summed E-state index contributed by atoms with van der Waals surface area (Å²) >= 11 is 0. The normalized spacial score (nSPS) is 20.3. The molecule has 6 heteroatoms. The minimum atomic E-state index is -1.03. The van der Waals surface area contributed by atoms with E-state index in [-0.39, 0.29) is 18.9 Å². The zero-order chi connectivity index (χ0) is 16.7. The Kier molecular flexibility index (Phi) is 3.76. The number of carboxylic acids is 1. The van der Waals surface area contributed by atoms with Crippen LogP contribution in [0.25, 0.3) is 11.0 Å². The molecular formula is C18H19NO5. The Morgan fingerprint density at radius 1 is 1.25 bits per heavy atom. The van der Waals surface area contributed by atoms with Crippen molar-refractivity contribution in [2.45, 2.75) is 31.7 Å².